The Bertz CT molecular complexity index is 1040. The van der Waals surface area contributed by atoms with Gasteiger partial charge in [0.25, 0.3) is 5.91 Å². The topological polar surface area (TPSA) is 74.6 Å². The van der Waals surface area contributed by atoms with E-state index in [0.29, 0.717) is 23.1 Å². The van der Waals surface area contributed by atoms with Crippen LogP contribution in [0.25, 0.3) is 0 Å². The summed E-state index contributed by atoms with van der Waals surface area (Å²) in [5.74, 6) is 0.789. The fourth-order valence-electron chi connectivity index (χ4n) is 3.71. The van der Waals surface area contributed by atoms with Gasteiger partial charge in [0.05, 0.1) is 18.7 Å². The molecule has 0 radical (unpaired) electrons. The number of carbonyl (C=O) groups excluding carboxylic acids is 1. The molecule has 1 amide bonds. The van der Waals surface area contributed by atoms with Gasteiger partial charge < -0.3 is 19.7 Å². The van der Waals surface area contributed by atoms with E-state index in [0.717, 1.165) is 43.4 Å². The number of nitrogens with one attached hydrogen (secondary N) is 1. The van der Waals surface area contributed by atoms with Crippen molar-refractivity contribution in [1.82, 2.24) is 5.32 Å². The number of anilines is 1. The lowest BCUT2D eigenvalue weighted by molar-refractivity contribution is -0.118. The SMILES string of the molecule is CCCCOc1ccc(C2NC(=O)C(C#N)=C(S)N2c2ccc(CCCC)cc2)cc1OC. The minimum Gasteiger partial charge on any atom is -0.493 e. The molecule has 1 unspecified atom stereocenters. The molecule has 0 aliphatic carbocycles. The molecule has 174 valence electrons. The second-order valence-corrected chi connectivity index (χ2v) is 8.36. The molecule has 1 atom stereocenters. The Hall–Kier alpha value is -3.11. The van der Waals surface area contributed by atoms with Gasteiger partial charge in [0.2, 0.25) is 0 Å². The van der Waals surface area contributed by atoms with Gasteiger partial charge in [-0.3, -0.25) is 4.79 Å². The number of rotatable bonds is 10. The number of unbranched alkanes of at least 4 members (excludes halogenated alkanes) is 2. The molecule has 0 bridgehead atoms. The lowest BCUT2D eigenvalue weighted by Crippen LogP contribution is -2.46. The van der Waals surface area contributed by atoms with Crippen molar-refractivity contribution >= 4 is 24.2 Å². The summed E-state index contributed by atoms with van der Waals surface area (Å²) in [4.78, 5) is 14.5. The smallest absolute Gasteiger partial charge is 0.266 e. The van der Waals surface area contributed by atoms with Crippen LogP contribution in [0.5, 0.6) is 11.5 Å². The van der Waals surface area contributed by atoms with Gasteiger partial charge in [0.15, 0.2) is 11.5 Å². The number of carbonyl (C=O) groups is 1. The Balaban J connectivity index is 1.99. The fourth-order valence-corrected chi connectivity index (χ4v) is 4.10. The second-order valence-electron chi connectivity index (χ2n) is 7.94. The van der Waals surface area contributed by atoms with E-state index in [-0.39, 0.29) is 5.57 Å². The van der Waals surface area contributed by atoms with Crippen molar-refractivity contribution < 1.29 is 14.3 Å². The molecule has 3 rings (SSSR count). The maximum Gasteiger partial charge on any atom is 0.266 e. The van der Waals surface area contributed by atoms with Crippen LogP contribution in [0.4, 0.5) is 5.69 Å². The Labute approximate surface area is 201 Å². The van der Waals surface area contributed by atoms with Crippen LogP contribution in [0.2, 0.25) is 0 Å². The number of thiol groups is 1. The third-order valence-electron chi connectivity index (χ3n) is 5.61. The molecule has 0 aromatic heterocycles. The molecule has 1 N–H and O–H groups in total. The van der Waals surface area contributed by atoms with Gasteiger partial charge in [-0.1, -0.05) is 44.9 Å². The number of ether oxygens (including phenoxy) is 2. The van der Waals surface area contributed by atoms with Crippen LogP contribution < -0.4 is 19.7 Å². The molecule has 0 spiro atoms. The molecule has 6 nitrogen and oxygen atoms in total. The van der Waals surface area contributed by atoms with Crippen LogP contribution in [0, 0.1) is 11.3 Å². The van der Waals surface area contributed by atoms with Crippen molar-refractivity contribution in [2.75, 3.05) is 18.6 Å². The maximum atomic E-state index is 12.6. The van der Waals surface area contributed by atoms with Gasteiger partial charge >= 0.3 is 0 Å². The van der Waals surface area contributed by atoms with Crippen LogP contribution in [-0.2, 0) is 11.2 Å². The first kappa shape index (κ1) is 24.5. The molecule has 2 aromatic carbocycles. The molecule has 0 saturated carbocycles. The van der Waals surface area contributed by atoms with Gasteiger partial charge in [0.1, 0.15) is 17.8 Å². The first-order valence-electron chi connectivity index (χ1n) is 11.4. The maximum absolute atomic E-state index is 12.6. The van der Waals surface area contributed by atoms with E-state index >= 15 is 0 Å². The zero-order chi connectivity index (χ0) is 23.8. The highest BCUT2D eigenvalue weighted by Crippen LogP contribution is 2.38. The van der Waals surface area contributed by atoms with E-state index in [4.69, 9.17) is 9.47 Å². The standard InChI is InChI=1S/C26H31N3O3S/c1-4-6-8-18-9-12-20(13-10-18)29-24(28-25(30)21(17-27)26(29)33)19-11-14-22(23(16-19)31-3)32-15-7-5-2/h9-14,16,24,33H,4-8,15H2,1-3H3,(H,28,30). The number of hydrogen-bond donors (Lipinski definition) is 2. The monoisotopic (exact) mass is 465 g/mol. The van der Waals surface area contributed by atoms with Gasteiger partial charge in [-0.25, -0.2) is 0 Å². The van der Waals surface area contributed by atoms with Gasteiger partial charge in [0, 0.05) is 5.69 Å². The highest BCUT2D eigenvalue weighted by molar-refractivity contribution is 7.84. The first-order chi connectivity index (χ1) is 16.0. The van der Waals surface area contributed by atoms with E-state index in [1.165, 1.54) is 5.56 Å². The first-order valence-corrected chi connectivity index (χ1v) is 11.8. The molecule has 0 saturated heterocycles. The summed E-state index contributed by atoms with van der Waals surface area (Å²) in [5, 5.41) is 12.8. The largest absolute Gasteiger partial charge is 0.493 e. The lowest BCUT2D eigenvalue weighted by Gasteiger charge is -2.38. The van der Waals surface area contributed by atoms with Crippen molar-refractivity contribution in [1.29, 1.82) is 5.26 Å². The number of nitrogens with zero attached hydrogens (tertiary/aromatic N) is 2. The summed E-state index contributed by atoms with van der Waals surface area (Å²) in [6, 6.07) is 15.7. The summed E-state index contributed by atoms with van der Waals surface area (Å²) < 4.78 is 11.4. The van der Waals surface area contributed by atoms with E-state index in [1.807, 2.05) is 41.3 Å². The van der Waals surface area contributed by atoms with Crippen LogP contribution in [0.1, 0.15) is 56.8 Å². The molecule has 1 aliphatic heterocycles. The average Bonchev–Trinajstić information content (AvgIpc) is 2.83. The van der Waals surface area contributed by atoms with Crippen molar-refractivity contribution in [3.05, 3.63) is 64.2 Å². The molecule has 7 heteroatoms. The van der Waals surface area contributed by atoms with Crippen LogP contribution >= 0.6 is 12.6 Å². The van der Waals surface area contributed by atoms with E-state index in [9.17, 15) is 10.1 Å². The van der Waals surface area contributed by atoms with Crippen LogP contribution in [0.3, 0.4) is 0 Å². The minimum atomic E-state index is -0.554. The molecule has 1 heterocycles. The van der Waals surface area contributed by atoms with E-state index < -0.39 is 12.1 Å². The zero-order valence-corrected chi connectivity index (χ0v) is 20.3. The van der Waals surface area contributed by atoms with Gasteiger partial charge in [-0.2, -0.15) is 5.26 Å². The van der Waals surface area contributed by atoms with Crippen LogP contribution in [-0.4, -0.2) is 19.6 Å². The fraction of sp³-hybridized carbons (Fsp3) is 0.385. The van der Waals surface area contributed by atoms with Crippen molar-refractivity contribution in [3.63, 3.8) is 0 Å². The zero-order valence-electron chi connectivity index (χ0n) is 19.4. The number of benzene rings is 2. The summed E-state index contributed by atoms with van der Waals surface area (Å²) in [6.45, 7) is 4.89. The number of aryl methyl sites for hydroxylation is 1. The van der Waals surface area contributed by atoms with E-state index in [2.05, 4.69) is 43.9 Å². The lowest BCUT2D eigenvalue weighted by atomic mass is 10.0. The third kappa shape index (κ3) is 5.63. The quantitative estimate of drug-likeness (QED) is 0.357. The highest BCUT2D eigenvalue weighted by Gasteiger charge is 2.34. The Morgan fingerprint density at radius 1 is 1.09 bits per heavy atom. The molecule has 33 heavy (non-hydrogen) atoms. The predicted octanol–water partition coefficient (Wildman–Crippen LogP) is 5.52. The number of methoxy groups -OCH3 is 1. The second kappa shape index (κ2) is 11.7. The Morgan fingerprint density at radius 3 is 2.45 bits per heavy atom. The number of nitriles is 1. The molecule has 1 aliphatic rings. The van der Waals surface area contributed by atoms with Crippen molar-refractivity contribution in [2.24, 2.45) is 0 Å². The highest BCUT2D eigenvalue weighted by atomic mass is 32.1. The van der Waals surface area contributed by atoms with Gasteiger partial charge in [-0.05, 0) is 54.7 Å². The van der Waals surface area contributed by atoms with Crippen molar-refractivity contribution in [2.45, 2.75) is 52.1 Å². The van der Waals surface area contributed by atoms with Crippen molar-refractivity contribution in [3.8, 4) is 17.6 Å². The number of hydrogen-bond acceptors (Lipinski definition) is 6. The molecular weight excluding hydrogens is 434 g/mol. The molecular formula is C26H31N3O3S. The summed E-state index contributed by atoms with van der Waals surface area (Å²) >= 11 is 4.59. The molecule has 2 aromatic rings. The average molecular weight is 466 g/mol. The van der Waals surface area contributed by atoms with Crippen LogP contribution in [0.15, 0.2) is 53.1 Å². The summed E-state index contributed by atoms with van der Waals surface area (Å²) in [6.07, 6.45) is 4.72. The third-order valence-corrected chi connectivity index (χ3v) is 6.05. The minimum absolute atomic E-state index is 0.0175. The Morgan fingerprint density at radius 2 is 1.82 bits per heavy atom. The summed E-state index contributed by atoms with van der Waals surface area (Å²) in [7, 11) is 1.59. The van der Waals surface area contributed by atoms with Gasteiger partial charge in [-0.15, -0.1) is 12.6 Å². The van der Waals surface area contributed by atoms with E-state index in [1.54, 1.807) is 7.11 Å². The number of amides is 1. The normalized spacial score (nSPS) is 15.8. The molecule has 0 fully saturated rings. The summed E-state index contributed by atoms with van der Waals surface area (Å²) in [5.41, 5.74) is 2.86. The Kier molecular flexibility index (Phi) is 8.67. The predicted molar refractivity (Wildman–Crippen MR) is 133 cm³/mol.